The summed E-state index contributed by atoms with van der Waals surface area (Å²) in [5.74, 6) is 1.45. The van der Waals surface area contributed by atoms with E-state index in [1.165, 1.54) is 0 Å². The average Bonchev–Trinajstić information content (AvgIpc) is 3.17. The van der Waals surface area contributed by atoms with Crippen LogP contribution in [0.2, 0.25) is 0 Å². The fourth-order valence-electron chi connectivity index (χ4n) is 2.15. The van der Waals surface area contributed by atoms with Gasteiger partial charge in [-0.3, -0.25) is 4.68 Å². The molecule has 5 heteroatoms. The third-order valence-corrected chi connectivity index (χ3v) is 3.29. The minimum Gasteiger partial charge on any atom is -0.438 e. The molecule has 1 atom stereocenters. The van der Waals surface area contributed by atoms with Crippen molar-refractivity contribution in [2.45, 2.75) is 26.4 Å². The molecule has 21 heavy (non-hydrogen) atoms. The van der Waals surface area contributed by atoms with Crippen molar-refractivity contribution < 1.29 is 4.42 Å². The van der Waals surface area contributed by atoms with E-state index in [2.05, 4.69) is 22.3 Å². The summed E-state index contributed by atoms with van der Waals surface area (Å²) in [4.78, 5) is 4.36. The molecule has 1 N–H and O–H groups in total. The molecule has 0 radical (unpaired) electrons. The number of hydrogen-bond acceptors (Lipinski definition) is 4. The van der Waals surface area contributed by atoms with E-state index in [-0.39, 0.29) is 6.04 Å². The summed E-state index contributed by atoms with van der Waals surface area (Å²) in [5.41, 5.74) is 1.99. The highest BCUT2D eigenvalue weighted by Gasteiger charge is 2.13. The third-order valence-electron chi connectivity index (χ3n) is 3.29. The molecule has 0 amide bonds. The Hall–Kier alpha value is -2.56. The molecule has 1 aromatic carbocycles. The molecule has 0 fully saturated rings. The van der Waals surface area contributed by atoms with E-state index >= 15 is 0 Å². The standard InChI is InChI=1S/C16H18N4O/c1-3-20-11-14(9-18-20)19-12(2)16-17-10-15(21-16)13-7-5-4-6-8-13/h4-12,19H,3H2,1-2H3/t12-/m0/s1. The maximum Gasteiger partial charge on any atom is 0.217 e. The summed E-state index contributed by atoms with van der Waals surface area (Å²) >= 11 is 0. The summed E-state index contributed by atoms with van der Waals surface area (Å²) in [6.45, 7) is 4.93. The molecule has 0 unspecified atom stereocenters. The quantitative estimate of drug-likeness (QED) is 0.774. The van der Waals surface area contributed by atoms with Crippen LogP contribution in [0.1, 0.15) is 25.8 Å². The Balaban J connectivity index is 1.73. The van der Waals surface area contributed by atoms with Crippen LogP contribution >= 0.6 is 0 Å². The Morgan fingerprint density at radius 2 is 2.05 bits per heavy atom. The molecule has 0 aliphatic carbocycles. The first-order valence-corrected chi connectivity index (χ1v) is 7.06. The lowest BCUT2D eigenvalue weighted by Gasteiger charge is -2.09. The molecule has 0 saturated heterocycles. The van der Waals surface area contributed by atoms with E-state index in [0.717, 1.165) is 23.6 Å². The maximum absolute atomic E-state index is 5.84. The molecule has 5 nitrogen and oxygen atoms in total. The molecular formula is C16H18N4O. The second-order valence-electron chi connectivity index (χ2n) is 4.88. The first kappa shape index (κ1) is 13.4. The third kappa shape index (κ3) is 2.97. The average molecular weight is 282 g/mol. The van der Waals surface area contributed by atoms with Gasteiger partial charge in [0.1, 0.15) is 6.04 Å². The van der Waals surface area contributed by atoms with Crippen LogP contribution in [0.5, 0.6) is 0 Å². The van der Waals surface area contributed by atoms with Crippen LogP contribution in [-0.4, -0.2) is 14.8 Å². The lowest BCUT2D eigenvalue weighted by atomic mass is 10.2. The van der Waals surface area contributed by atoms with Crippen LogP contribution in [0.3, 0.4) is 0 Å². The van der Waals surface area contributed by atoms with E-state index < -0.39 is 0 Å². The van der Waals surface area contributed by atoms with E-state index in [0.29, 0.717) is 5.89 Å². The molecular weight excluding hydrogens is 264 g/mol. The first-order chi connectivity index (χ1) is 10.3. The predicted molar refractivity (Wildman–Crippen MR) is 81.9 cm³/mol. The lowest BCUT2D eigenvalue weighted by molar-refractivity contribution is 0.485. The summed E-state index contributed by atoms with van der Waals surface area (Å²) in [6, 6.07) is 9.95. The van der Waals surface area contributed by atoms with Gasteiger partial charge in [-0.25, -0.2) is 4.98 Å². The van der Waals surface area contributed by atoms with Gasteiger partial charge in [0, 0.05) is 18.3 Å². The zero-order chi connectivity index (χ0) is 14.7. The van der Waals surface area contributed by atoms with Crippen LogP contribution in [0, 0.1) is 0 Å². The van der Waals surface area contributed by atoms with Gasteiger partial charge in [-0.1, -0.05) is 30.3 Å². The molecule has 108 valence electrons. The first-order valence-electron chi connectivity index (χ1n) is 7.06. The van der Waals surface area contributed by atoms with E-state index in [1.807, 2.05) is 48.1 Å². The van der Waals surface area contributed by atoms with Crippen LogP contribution in [0.15, 0.2) is 53.3 Å². The predicted octanol–water partition coefficient (Wildman–Crippen LogP) is 3.73. The monoisotopic (exact) mass is 282 g/mol. The van der Waals surface area contributed by atoms with Crippen molar-refractivity contribution in [2.24, 2.45) is 0 Å². The maximum atomic E-state index is 5.84. The van der Waals surface area contributed by atoms with Crippen LogP contribution in [0.4, 0.5) is 5.69 Å². The lowest BCUT2D eigenvalue weighted by Crippen LogP contribution is -2.06. The van der Waals surface area contributed by atoms with Crippen molar-refractivity contribution in [1.29, 1.82) is 0 Å². The number of anilines is 1. The van der Waals surface area contributed by atoms with Gasteiger partial charge in [-0.2, -0.15) is 5.10 Å². The van der Waals surface area contributed by atoms with Crippen molar-refractivity contribution in [3.63, 3.8) is 0 Å². The summed E-state index contributed by atoms with van der Waals surface area (Å²) in [7, 11) is 0. The molecule has 3 rings (SSSR count). The molecule has 2 heterocycles. The Morgan fingerprint density at radius 3 is 2.76 bits per heavy atom. The Labute approximate surface area is 123 Å². The van der Waals surface area contributed by atoms with Crippen molar-refractivity contribution in [1.82, 2.24) is 14.8 Å². The van der Waals surface area contributed by atoms with Crippen molar-refractivity contribution in [3.05, 3.63) is 54.8 Å². The summed E-state index contributed by atoms with van der Waals surface area (Å²) in [5, 5.41) is 7.58. The Bertz CT molecular complexity index is 702. The highest BCUT2D eigenvalue weighted by atomic mass is 16.4. The Morgan fingerprint density at radius 1 is 1.24 bits per heavy atom. The van der Waals surface area contributed by atoms with E-state index in [1.54, 1.807) is 12.4 Å². The largest absolute Gasteiger partial charge is 0.438 e. The number of rotatable bonds is 5. The van der Waals surface area contributed by atoms with Gasteiger partial charge in [0.05, 0.1) is 18.1 Å². The summed E-state index contributed by atoms with van der Waals surface area (Å²) < 4.78 is 7.71. The molecule has 3 aromatic rings. The van der Waals surface area contributed by atoms with Gasteiger partial charge in [0.2, 0.25) is 5.89 Å². The van der Waals surface area contributed by atoms with Crippen LogP contribution in [0.25, 0.3) is 11.3 Å². The SMILES string of the molecule is CCn1cc(N[C@@H](C)c2ncc(-c3ccccc3)o2)cn1. The van der Waals surface area contributed by atoms with Crippen molar-refractivity contribution in [2.75, 3.05) is 5.32 Å². The zero-order valence-corrected chi connectivity index (χ0v) is 12.2. The number of oxazole rings is 1. The van der Waals surface area contributed by atoms with Gasteiger partial charge in [0.15, 0.2) is 5.76 Å². The molecule has 0 aliphatic rings. The van der Waals surface area contributed by atoms with E-state index in [4.69, 9.17) is 4.42 Å². The normalized spacial score (nSPS) is 12.3. The fraction of sp³-hybridized carbons (Fsp3) is 0.250. The number of nitrogens with zero attached hydrogens (tertiary/aromatic N) is 3. The van der Waals surface area contributed by atoms with Gasteiger partial charge < -0.3 is 9.73 Å². The van der Waals surface area contributed by atoms with Crippen LogP contribution < -0.4 is 5.32 Å². The number of aromatic nitrogens is 3. The highest BCUT2D eigenvalue weighted by molar-refractivity contribution is 5.55. The van der Waals surface area contributed by atoms with Crippen LogP contribution in [-0.2, 0) is 6.54 Å². The minimum atomic E-state index is -0.0167. The highest BCUT2D eigenvalue weighted by Crippen LogP contribution is 2.24. The smallest absolute Gasteiger partial charge is 0.217 e. The van der Waals surface area contributed by atoms with Gasteiger partial charge in [-0.15, -0.1) is 0 Å². The molecule has 0 saturated carbocycles. The van der Waals surface area contributed by atoms with Crippen molar-refractivity contribution in [3.8, 4) is 11.3 Å². The molecule has 2 aromatic heterocycles. The van der Waals surface area contributed by atoms with E-state index in [9.17, 15) is 0 Å². The fourth-order valence-corrected chi connectivity index (χ4v) is 2.15. The number of nitrogens with one attached hydrogen (secondary N) is 1. The number of hydrogen-bond donors (Lipinski definition) is 1. The topological polar surface area (TPSA) is 55.9 Å². The second kappa shape index (κ2) is 5.83. The number of aryl methyl sites for hydroxylation is 1. The second-order valence-corrected chi connectivity index (χ2v) is 4.88. The zero-order valence-electron chi connectivity index (χ0n) is 12.2. The van der Waals surface area contributed by atoms with Gasteiger partial charge in [0.25, 0.3) is 0 Å². The molecule has 0 aliphatic heterocycles. The number of benzene rings is 1. The molecule has 0 spiro atoms. The Kier molecular flexibility index (Phi) is 3.73. The van der Waals surface area contributed by atoms with Gasteiger partial charge in [-0.05, 0) is 13.8 Å². The minimum absolute atomic E-state index is 0.0167. The van der Waals surface area contributed by atoms with Gasteiger partial charge >= 0.3 is 0 Å². The molecule has 0 bridgehead atoms. The van der Waals surface area contributed by atoms with Crippen molar-refractivity contribution >= 4 is 5.69 Å². The summed E-state index contributed by atoms with van der Waals surface area (Å²) in [6.07, 6.45) is 5.54.